The lowest BCUT2D eigenvalue weighted by Gasteiger charge is -2.19. The van der Waals surface area contributed by atoms with E-state index in [4.69, 9.17) is 21.1 Å². The zero-order chi connectivity index (χ0) is 15.9. The summed E-state index contributed by atoms with van der Waals surface area (Å²) in [4.78, 5) is 24.0. The number of carbonyl (C=O) groups excluding carboxylic acids is 2. The number of rotatable bonds is 7. The van der Waals surface area contributed by atoms with Gasteiger partial charge in [-0.15, -0.1) is 0 Å². The third-order valence-electron chi connectivity index (χ3n) is 2.50. The largest absolute Gasteiger partial charge is 0.458 e. The van der Waals surface area contributed by atoms with Crippen LogP contribution in [0.2, 0.25) is 0 Å². The van der Waals surface area contributed by atoms with Crippen LogP contribution in [0.1, 0.15) is 20.7 Å². The Morgan fingerprint density at radius 3 is 2.10 bits per heavy atom. The van der Waals surface area contributed by atoms with Crippen molar-refractivity contribution in [2.45, 2.75) is 5.06 Å². The molecule has 0 saturated heterocycles. The number of alkyl halides is 1. The molecule has 110 valence electrons. The summed E-state index contributed by atoms with van der Waals surface area (Å²) in [7, 11) is 0. The summed E-state index contributed by atoms with van der Waals surface area (Å²) in [6.07, 6.45) is 3.87. The molecule has 0 spiro atoms. The number of benzene rings is 1. The molecule has 1 aromatic rings. The van der Waals surface area contributed by atoms with E-state index in [0.717, 1.165) is 0 Å². The molecule has 0 amide bonds. The molecule has 0 N–H and O–H groups in total. The highest BCUT2D eigenvalue weighted by Gasteiger charge is 2.27. The van der Waals surface area contributed by atoms with E-state index in [-0.39, 0.29) is 17.7 Å². The molecule has 0 aliphatic heterocycles. The van der Waals surface area contributed by atoms with Crippen molar-refractivity contribution in [3.05, 3.63) is 73.4 Å². The van der Waals surface area contributed by atoms with Gasteiger partial charge < -0.3 is 9.47 Å². The number of esters is 2. The Morgan fingerprint density at radius 2 is 1.62 bits per heavy atom. The predicted molar refractivity (Wildman–Crippen MR) is 81.3 cm³/mol. The average Bonchev–Trinajstić information content (AvgIpc) is 2.52. The summed E-state index contributed by atoms with van der Waals surface area (Å²) in [5, 5.41) is -1.53. The first-order chi connectivity index (χ1) is 9.97. The number of carbonyl (C=O) groups is 2. The fourth-order valence-corrected chi connectivity index (χ4v) is 1.49. The second kappa shape index (κ2) is 7.45. The Balaban J connectivity index is 3.05. The number of hydrogen-bond donors (Lipinski definition) is 0. The van der Waals surface area contributed by atoms with Gasteiger partial charge in [0.1, 0.15) is 6.61 Å². The van der Waals surface area contributed by atoms with Gasteiger partial charge in [0.15, 0.2) is 0 Å². The molecule has 0 bridgehead atoms. The van der Waals surface area contributed by atoms with Gasteiger partial charge in [0, 0.05) is 0 Å². The highest BCUT2D eigenvalue weighted by atomic mass is 35.5. The summed E-state index contributed by atoms with van der Waals surface area (Å²) in [6, 6.07) is 6.10. The molecule has 0 radical (unpaired) electrons. The monoisotopic (exact) mass is 306 g/mol. The van der Waals surface area contributed by atoms with E-state index in [1.165, 1.54) is 30.4 Å². The van der Waals surface area contributed by atoms with E-state index in [1.807, 2.05) is 0 Å². The zero-order valence-electron chi connectivity index (χ0n) is 11.4. The SMILES string of the molecule is C=CCOC(=O)c1ccccc1C(=O)OC(Cl)(C=C)C=C. The molecule has 0 unspecified atom stereocenters. The lowest BCUT2D eigenvalue weighted by molar-refractivity contribution is 0.0382. The van der Waals surface area contributed by atoms with Crippen LogP contribution in [-0.4, -0.2) is 23.6 Å². The topological polar surface area (TPSA) is 52.6 Å². The summed E-state index contributed by atoms with van der Waals surface area (Å²) in [6.45, 7) is 10.4. The van der Waals surface area contributed by atoms with Crippen molar-refractivity contribution in [3.63, 3.8) is 0 Å². The van der Waals surface area contributed by atoms with Crippen LogP contribution in [0.15, 0.2) is 62.2 Å². The van der Waals surface area contributed by atoms with Gasteiger partial charge in [0.05, 0.1) is 11.1 Å². The Morgan fingerprint density at radius 1 is 1.10 bits per heavy atom. The van der Waals surface area contributed by atoms with E-state index in [2.05, 4.69) is 19.7 Å². The lowest BCUT2D eigenvalue weighted by atomic mass is 10.1. The molecule has 21 heavy (non-hydrogen) atoms. The van der Waals surface area contributed by atoms with Crippen molar-refractivity contribution in [1.82, 2.24) is 0 Å². The first-order valence-electron chi connectivity index (χ1n) is 6.04. The summed E-state index contributed by atoms with van der Waals surface area (Å²) in [5.41, 5.74) is 0.122. The standard InChI is InChI=1S/C16H15ClO4/c1-4-11-20-14(18)12-9-7-8-10-13(12)15(19)21-16(17,5-2)6-3/h4-10H,1-3,11H2. The first kappa shape index (κ1) is 16.7. The van der Waals surface area contributed by atoms with E-state index in [9.17, 15) is 9.59 Å². The molecule has 0 saturated carbocycles. The second-order valence-electron chi connectivity index (χ2n) is 3.93. The van der Waals surface area contributed by atoms with Gasteiger partial charge in [-0.3, -0.25) is 0 Å². The Kier molecular flexibility index (Phi) is 5.93. The molecule has 1 rings (SSSR count). The van der Waals surface area contributed by atoms with Gasteiger partial charge in [-0.1, -0.05) is 49.5 Å². The minimum Gasteiger partial charge on any atom is -0.458 e. The van der Waals surface area contributed by atoms with Gasteiger partial charge in [-0.25, -0.2) is 9.59 Å². The fourth-order valence-electron chi connectivity index (χ4n) is 1.42. The van der Waals surface area contributed by atoms with E-state index >= 15 is 0 Å². The third-order valence-corrected chi connectivity index (χ3v) is 2.89. The number of halogens is 1. The Labute approximate surface area is 128 Å². The maximum absolute atomic E-state index is 12.1. The maximum atomic E-state index is 12.1. The average molecular weight is 307 g/mol. The highest BCUT2D eigenvalue weighted by molar-refractivity contribution is 6.26. The molecule has 0 aromatic heterocycles. The molecule has 0 fully saturated rings. The van der Waals surface area contributed by atoms with Crippen LogP contribution in [0.3, 0.4) is 0 Å². The minimum atomic E-state index is -1.53. The maximum Gasteiger partial charge on any atom is 0.341 e. The van der Waals surface area contributed by atoms with Crippen LogP contribution in [-0.2, 0) is 9.47 Å². The molecule has 1 aromatic carbocycles. The van der Waals surface area contributed by atoms with Crippen LogP contribution in [0.25, 0.3) is 0 Å². The van der Waals surface area contributed by atoms with Crippen molar-refractivity contribution < 1.29 is 19.1 Å². The van der Waals surface area contributed by atoms with Crippen molar-refractivity contribution in [1.29, 1.82) is 0 Å². The normalized spacial score (nSPS) is 10.3. The third kappa shape index (κ3) is 4.33. The lowest BCUT2D eigenvalue weighted by Crippen LogP contribution is -2.25. The smallest absolute Gasteiger partial charge is 0.341 e. The molecule has 0 aliphatic rings. The van der Waals surface area contributed by atoms with Crippen molar-refractivity contribution in [2.24, 2.45) is 0 Å². The van der Waals surface area contributed by atoms with E-state index < -0.39 is 17.0 Å². The highest BCUT2D eigenvalue weighted by Crippen LogP contribution is 2.23. The Hall–Kier alpha value is -2.33. The fraction of sp³-hybridized carbons (Fsp3) is 0.125. The molecule has 4 nitrogen and oxygen atoms in total. The van der Waals surface area contributed by atoms with Crippen molar-refractivity contribution in [2.75, 3.05) is 6.61 Å². The summed E-state index contributed by atoms with van der Waals surface area (Å²) in [5.74, 6) is -1.43. The van der Waals surface area contributed by atoms with Crippen molar-refractivity contribution in [3.8, 4) is 0 Å². The zero-order valence-corrected chi connectivity index (χ0v) is 12.1. The van der Waals surface area contributed by atoms with E-state index in [1.54, 1.807) is 12.1 Å². The molecule has 0 heterocycles. The quantitative estimate of drug-likeness (QED) is 0.439. The van der Waals surface area contributed by atoms with Gasteiger partial charge in [-0.2, -0.15) is 0 Å². The van der Waals surface area contributed by atoms with Gasteiger partial charge >= 0.3 is 11.9 Å². The van der Waals surface area contributed by atoms with Crippen LogP contribution >= 0.6 is 11.6 Å². The Bertz CT molecular complexity index is 569. The van der Waals surface area contributed by atoms with E-state index in [0.29, 0.717) is 0 Å². The van der Waals surface area contributed by atoms with Gasteiger partial charge in [-0.05, 0) is 24.3 Å². The number of ether oxygens (including phenoxy) is 2. The van der Waals surface area contributed by atoms with Crippen LogP contribution < -0.4 is 0 Å². The second-order valence-corrected chi connectivity index (χ2v) is 4.52. The summed E-state index contributed by atoms with van der Waals surface area (Å²) >= 11 is 5.96. The molecule has 0 aliphatic carbocycles. The first-order valence-corrected chi connectivity index (χ1v) is 6.41. The molecular weight excluding hydrogens is 292 g/mol. The predicted octanol–water partition coefficient (Wildman–Crippen LogP) is 3.49. The van der Waals surface area contributed by atoms with Gasteiger partial charge in [0.25, 0.3) is 0 Å². The minimum absolute atomic E-state index is 0.0419. The molecular formula is C16H15ClO4. The van der Waals surface area contributed by atoms with Crippen LogP contribution in [0.4, 0.5) is 0 Å². The van der Waals surface area contributed by atoms with Crippen LogP contribution in [0.5, 0.6) is 0 Å². The van der Waals surface area contributed by atoms with Gasteiger partial charge in [0.2, 0.25) is 5.06 Å². The van der Waals surface area contributed by atoms with Crippen molar-refractivity contribution >= 4 is 23.5 Å². The molecule has 0 atom stereocenters. The number of hydrogen-bond acceptors (Lipinski definition) is 4. The molecule has 5 heteroatoms. The summed E-state index contributed by atoms with van der Waals surface area (Å²) < 4.78 is 9.99. The van der Waals surface area contributed by atoms with Crippen LogP contribution in [0, 0.1) is 0 Å².